The number of hydrogen-bond acceptors (Lipinski definition) is 0. The quantitative estimate of drug-likeness (QED) is 0.392. The summed E-state index contributed by atoms with van der Waals surface area (Å²) in [6, 6.07) is 0. The molecule has 0 aromatic heterocycles. The molecule has 0 aliphatic carbocycles. The van der Waals surface area contributed by atoms with Crippen LogP contribution in [0.5, 0.6) is 0 Å². The van der Waals surface area contributed by atoms with Gasteiger partial charge in [-0.3, -0.25) is 0 Å². The molecule has 0 aliphatic heterocycles. The first-order chi connectivity index (χ1) is 6.16. The van der Waals surface area contributed by atoms with Crippen LogP contribution >= 0.6 is 0 Å². The van der Waals surface area contributed by atoms with Crippen molar-refractivity contribution in [3.05, 3.63) is 12.2 Å². The summed E-state index contributed by atoms with van der Waals surface area (Å²) in [7, 11) is 0. The molecule has 0 N–H and O–H groups in total. The maximum atomic E-state index is 2.37. The minimum Gasteiger partial charge on any atom is -0.0883 e. The predicted octanol–water partition coefficient (Wildman–Crippen LogP) is 4.81. The predicted molar refractivity (Wildman–Crippen MR) is 61.9 cm³/mol. The Kier molecular flexibility index (Phi) is 8.18. The summed E-state index contributed by atoms with van der Waals surface area (Å²) < 4.78 is 0. The molecular formula is C13H26. The lowest BCUT2D eigenvalue weighted by molar-refractivity contribution is 0.471. The molecule has 0 heterocycles. The topological polar surface area (TPSA) is 0 Å². The Labute approximate surface area is 84.4 Å². The average Bonchev–Trinajstić information content (AvgIpc) is 2.03. The van der Waals surface area contributed by atoms with Crippen LogP contribution in [0.1, 0.15) is 59.8 Å². The fourth-order valence-corrected chi connectivity index (χ4v) is 1.59. The van der Waals surface area contributed by atoms with Crippen LogP contribution in [0.2, 0.25) is 0 Å². The monoisotopic (exact) mass is 182 g/mol. The van der Waals surface area contributed by atoms with E-state index in [2.05, 4.69) is 39.8 Å². The second-order valence-electron chi connectivity index (χ2n) is 4.50. The van der Waals surface area contributed by atoms with Gasteiger partial charge in [0.05, 0.1) is 0 Å². The van der Waals surface area contributed by atoms with Crippen molar-refractivity contribution in [3.8, 4) is 0 Å². The molecule has 0 heteroatoms. The van der Waals surface area contributed by atoms with Crippen molar-refractivity contribution in [1.82, 2.24) is 0 Å². The van der Waals surface area contributed by atoms with E-state index in [0.29, 0.717) is 5.92 Å². The molecule has 1 unspecified atom stereocenters. The smallest absolute Gasteiger partial charge is 0.0290 e. The lowest BCUT2D eigenvalue weighted by atomic mass is 9.99. The van der Waals surface area contributed by atoms with Crippen LogP contribution in [-0.2, 0) is 0 Å². The summed E-state index contributed by atoms with van der Waals surface area (Å²) in [6.07, 6.45) is 11.4. The van der Waals surface area contributed by atoms with E-state index in [0.717, 1.165) is 5.92 Å². The van der Waals surface area contributed by atoms with Crippen molar-refractivity contribution >= 4 is 0 Å². The van der Waals surface area contributed by atoms with Gasteiger partial charge in [-0.25, -0.2) is 0 Å². The molecule has 0 saturated carbocycles. The Hall–Kier alpha value is -0.260. The van der Waals surface area contributed by atoms with Crippen LogP contribution in [-0.4, -0.2) is 0 Å². The number of hydrogen-bond donors (Lipinski definition) is 0. The van der Waals surface area contributed by atoms with Gasteiger partial charge in [0.2, 0.25) is 0 Å². The van der Waals surface area contributed by atoms with E-state index in [-0.39, 0.29) is 0 Å². The Morgan fingerprint density at radius 3 is 2.31 bits per heavy atom. The third kappa shape index (κ3) is 9.66. The van der Waals surface area contributed by atoms with Gasteiger partial charge in [0.1, 0.15) is 0 Å². The molecule has 0 aromatic carbocycles. The molecule has 0 aromatic rings. The highest BCUT2D eigenvalue weighted by Gasteiger charge is 1.98. The molecular weight excluding hydrogens is 156 g/mol. The Morgan fingerprint density at radius 1 is 1.08 bits per heavy atom. The van der Waals surface area contributed by atoms with Crippen LogP contribution in [0.25, 0.3) is 0 Å². The molecule has 1 atom stereocenters. The molecule has 0 spiro atoms. The molecule has 0 saturated heterocycles. The molecule has 0 aliphatic rings. The molecule has 13 heavy (non-hydrogen) atoms. The average molecular weight is 182 g/mol. The second-order valence-corrected chi connectivity index (χ2v) is 4.50. The van der Waals surface area contributed by atoms with Crippen LogP contribution in [0, 0.1) is 11.8 Å². The molecule has 0 amide bonds. The third-order valence-electron chi connectivity index (χ3n) is 2.37. The van der Waals surface area contributed by atoms with Gasteiger partial charge in [0.25, 0.3) is 0 Å². The highest BCUT2D eigenvalue weighted by molar-refractivity contribution is 4.84. The van der Waals surface area contributed by atoms with Gasteiger partial charge in [-0.2, -0.15) is 0 Å². The molecule has 0 rings (SSSR count). The zero-order chi connectivity index (χ0) is 10.1. The summed E-state index contributed by atoms with van der Waals surface area (Å²) in [4.78, 5) is 0. The molecule has 0 nitrogen and oxygen atoms in total. The van der Waals surface area contributed by atoms with Crippen LogP contribution in [0.15, 0.2) is 12.2 Å². The summed E-state index contributed by atoms with van der Waals surface area (Å²) in [5.74, 6) is 1.64. The number of rotatable bonds is 7. The lowest BCUT2D eigenvalue weighted by Crippen LogP contribution is -1.92. The van der Waals surface area contributed by atoms with Gasteiger partial charge >= 0.3 is 0 Å². The Bertz CT molecular complexity index is 122. The van der Waals surface area contributed by atoms with Crippen molar-refractivity contribution in [1.29, 1.82) is 0 Å². The van der Waals surface area contributed by atoms with Crippen molar-refractivity contribution in [2.45, 2.75) is 59.8 Å². The van der Waals surface area contributed by atoms with E-state index in [1.165, 1.54) is 32.1 Å². The maximum Gasteiger partial charge on any atom is -0.0290 e. The van der Waals surface area contributed by atoms with Gasteiger partial charge < -0.3 is 0 Å². The first kappa shape index (κ1) is 12.7. The molecule has 0 bridgehead atoms. The van der Waals surface area contributed by atoms with Crippen LogP contribution in [0.4, 0.5) is 0 Å². The minimum absolute atomic E-state index is 0.716. The molecule has 0 fully saturated rings. The van der Waals surface area contributed by atoms with Gasteiger partial charge in [-0.05, 0) is 24.7 Å². The Morgan fingerprint density at radius 2 is 1.77 bits per heavy atom. The first-order valence-corrected chi connectivity index (χ1v) is 5.83. The summed E-state index contributed by atoms with van der Waals surface area (Å²) >= 11 is 0. The largest absolute Gasteiger partial charge is 0.0883 e. The van der Waals surface area contributed by atoms with E-state index in [9.17, 15) is 0 Å². The SMILES string of the molecule is CCCC(C)CCCC=CC(C)C. The normalized spacial score (nSPS) is 14.2. The van der Waals surface area contributed by atoms with Gasteiger partial charge in [-0.15, -0.1) is 0 Å². The fraction of sp³-hybridized carbons (Fsp3) is 0.846. The fourth-order valence-electron chi connectivity index (χ4n) is 1.59. The highest BCUT2D eigenvalue weighted by Crippen LogP contribution is 2.13. The van der Waals surface area contributed by atoms with Crippen molar-refractivity contribution < 1.29 is 0 Å². The molecule has 0 radical (unpaired) electrons. The molecule has 78 valence electrons. The van der Waals surface area contributed by atoms with Crippen molar-refractivity contribution in [2.75, 3.05) is 0 Å². The van der Waals surface area contributed by atoms with Gasteiger partial charge in [0.15, 0.2) is 0 Å². The Balaban J connectivity index is 3.24. The van der Waals surface area contributed by atoms with Crippen LogP contribution < -0.4 is 0 Å². The van der Waals surface area contributed by atoms with E-state index < -0.39 is 0 Å². The number of allylic oxidation sites excluding steroid dienone is 2. The van der Waals surface area contributed by atoms with Gasteiger partial charge in [0, 0.05) is 0 Å². The zero-order valence-electron chi connectivity index (χ0n) is 9.84. The summed E-state index contributed by atoms with van der Waals surface area (Å²) in [5.41, 5.74) is 0. The summed E-state index contributed by atoms with van der Waals surface area (Å²) in [6.45, 7) is 9.11. The van der Waals surface area contributed by atoms with Crippen molar-refractivity contribution in [3.63, 3.8) is 0 Å². The minimum atomic E-state index is 0.716. The lowest BCUT2D eigenvalue weighted by Gasteiger charge is -2.07. The van der Waals surface area contributed by atoms with Crippen molar-refractivity contribution in [2.24, 2.45) is 11.8 Å². The number of unbranched alkanes of at least 4 members (excludes halogenated alkanes) is 1. The zero-order valence-corrected chi connectivity index (χ0v) is 9.84. The van der Waals surface area contributed by atoms with E-state index >= 15 is 0 Å². The highest BCUT2D eigenvalue weighted by atomic mass is 14.0. The second kappa shape index (κ2) is 8.34. The van der Waals surface area contributed by atoms with Gasteiger partial charge in [-0.1, -0.05) is 59.1 Å². The standard InChI is InChI=1S/C13H26/c1-5-9-13(4)11-8-6-7-10-12(2)3/h7,10,12-13H,5-6,8-9,11H2,1-4H3. The van der Waals surface area contributed by atoms with Crippen LogP contribution in [0.3, 0.4) is 0 Å². The van der Waals surface area contributed by atoms with E-state index in [4.69, 9.17) is 0 Å². The third-order valence-corrected chi connectivity index (χ3v) is 2.37. The summed E-state index contributed by atoms with van der Waals surface area (Å²) in [5, 5.41) is 0. The maximum absolute atomic E-state index is 2.37. The van der Waals surface area contributed by atoms with E-state index in [1.807, 2.05) is 0 Å². The van der Waals surface area contributed by atoms with E-state index in [1.54, 1.807) is 0 Å². The first-order valence-electron chi connectivity index (χ1n) is 5.83.